The fraction of sp³-hybridized carbons (Fsp3) is 0.562. The first-order valence-corrected chi connectivity index (χ1v) is 7.35. The molecule has 1 aliphatic rings. The average Bonchev–Trinajstić information content (AvgIpc) is 2.46. The molecule has 116 valence electrons. The average molecular weight is 295 g/mol. The molecule has 0 spiro atoms. The quantitative estimate of drug-likeness (QED) is 0.876. The van der Waals surface area contributed by atoms with Gasteiger partial charge >= 0.3 is 5.97 Å². The fourth-order valence-electron chi connectivity index (χ4n) is 3.01. The van der Waals surface area contributed by atoms with Crippen LogP contribution in [0.1, 0.15) is 31.2 Å². The number of carboxylic acid groups (broad SMARTS) is 1. The number of ether oxygens (including phenoxy) is 1. The Hall–Kier alpha value is -1.62. The molecule has 21 heavy (non-hydrogen) atoms. The molecule has 0 bridgehead atoms. The van der Waals surface area contributed by atoms with Crippen LogP contribution in [-0.2, 0) is 11.3 Å². The van der Waals surface area contributed by atoms with Gasteiger partial charge in [0.25, 0.3) is 0 Å². The number of rotatable bonds is 6. The fourth-order valence-corrected chi connectivity index (χ4v) is 3.01. The molecule has 1 aromatic rings. The molecule has 1 unspecified atom stereocenters. The highest BCUT2D eigenvalue weighted by atomic mass is 19.1. The van der Waals surface area contributed by atoms with E-state index >= 15 is 0 Å². The van der Waals surface area contributed by atoms with Crippen LogP contribution >= 0.6 is 0 Å². The highest BCUT2D eigenvalue weighted by molar-refractivity contribution is 5.66. The first kappa shape index (κ1) is 15.8. The molecule has 1 N–H and O–H groups in total. The van der Waals surface area contributed by atoms with Crippen molar-refractivity contribution in [1.82, 2.24) is 4.90 Å². The highest BCUT2D eigenvalue weighted by Crippen LogP contribution is 2.27. The molecule has 0 saturated carbocycles. The zero-order chi connectivity index (χ0) is 15.2. The maximum atomic E-state index is 13.7. The first-order chi connectivity index (χ1) is 10.1. The monoisotopic (exact) mass is 295 g/mol. The number of carboxylic acids is 1. The zero-order valence-electron chi connectivity index (χ0n) is 12.3. The van der Waals surface area contributed by atoms with Crippen molar-refractivity contribution in [3.8, 4) is 5.75 Å². The lowest BCUT2D eigenvalue weighted by atomic mass is 9.93. The van der Waals surface area contributed by atoms with Crippen molar-refractivity contribution in [3.63, 3.8) is 0 Å². The van der Waals surface area contributed by atoms with Crippen LogP contribution in [0.3, 0.4) is 0 Å². The Morgan fingerprint density at radius 1 is 1.52 bits per heavy atom. The molecular weight excluding hydrogens is 273 g/mol. The molecule has 5 heteroatoms. The summed E-state index contributed by atoms with van der Waals surface area (Å²) in [4.78, 5) is 12.9. The molecule has 0 aliphatic carbocycles. The van der Waals surface area contributed by atoms with E-state index in [0.717, 1.165) is 31.5 Å². The van der Waals surface area contributed by atoms with Gasteiger partial charge in [-0.3, -0.25) is 9.69 Å². The predicted molar refractivity (Wildman–Crippen MR) is 77.8 cm³/mol. The number of piperidine rings is 1. The number of carbonyl (C=O) groups is 1. The lowest BCUT2D eigenvalue weighted by molar-refractivity contribution is -0.137. The molecule has 1 heterocycles. The third-order valence-corrected chi connectivity index (χ3v) is 4.02. The minimum atomic E-state index is -0.737. The smallest absolute Gasteiger partial charge is 0.303 e. The predicted octanol–water partition coefficient (Wildman–Crippen LogP) is 2.91. The second-order valence-electron chi connectivity index (χ2n) is 5.61. The summed E-state index contributed by atoms with van der Waals surface area (Å²) in [6.07, 6.45) is 3.07. The molecule has 4 nitrogen and oxygen atoms in total. The van der Waals surface area contributed by atoms with E-state index in [1.165, 1.54) is 13.2 Å². The standard InChI is InChI=1S/C16H22FNO3/c1-21-16-13(5-2-6-14(16)17)11-18-9-3-4-12(10-18)7-8-15(19)20/h2,5-6,12H,3-4,7-11H2,1H3,(H,19,20). The van der Waals surface area contributed by atoms with Crippen molar-refractivity contribution in [3.05, 3.63) is 29.6 Å². The molecule has 0 radical (unpaired) electrons. The minimum absolute atomic E-state index is 0.224. The van der Waals surface area contributed by atoms with Crippen LogP contribution in [0, 0.1) is 11.7 Å². The lowest BCUT2D eigenvalue weighted by Crippen LogP contribution is -2.35. The summed E-state index contributed by atoms with van der Waals surface area (Å²) >= 11 is 0. The van der Waals surface area contributed by atoms with Gasteiger partial charge in [0, 0.05) is 25.1 Å². The van der Waals surface area contributed by atoms with Gasteiger partial charge in [-0.25, -0.2) is 4.39 Å². The van der Waals surface area contributed by atoms with Gasteiger partial charge in [-0.2, -0.15) is 0 Å². The van der Waals surface area contributed by atoms with Crippen LogP contribution in [0.4, 0.5) is 4.39 Å². The Labute approximate surface area is 124 Å². The molecule has 1 saturated heterocycles. The number of para-hydroxylation sites is 1. The topological polar surface area (TPSA) is 49.8 Å². The van der Waals surface area contributed by atoms with Crippen molar-refractivity contribution < 1.29 is 19.0 Å². The molecule has 0 aromatic heterocycles. The Morgan fingerprint density at radius 2 is 2.33 bits per heavy atom. The van der Waals surface area contributed by atoms with Gasteiger partial charge in [0.2, 0.25) is 0 Å². The van der Waals surface area contributed by atoms with Crippen LogP contribution in [0.2, 0.25) is 0 Å². The summed E-state index contributed by atoms with van der Waals surface area (Å²) in [6.45, 7) is 2.47. The van der Waals surface area contributed by atoms with Crippen molar-refractivity contribution in [2.75, 3.05) is 20.2 Å². The molecule has 1 atom stereocenters. The number of aliphatic carboxylic acids is 1. The maximum absolute atomic E-state index is 13.7. The van der Waals surface area contributed by atoms with E-state index in [0.29, 0.717) is 24.6 Å². The number of methoxy groups -OCH3 is 1. The first-order valence-electron chi connectivity index (χ1n) is 7.35. The maximum Gasteiger partial charge on any atom is 0.303 e. The Balaban J connectivity index is 1.96. The number of likely N-dealkylation sites (tertiary alicyclic amines) is 1. The van der Waals surface area contributed by atoms with E-state index in [9.17, 15) is 9.18 Å². The highest BCUT2D eigenvalue weighted by Gasteiger charge is 2.22. The van der Waals surface area contributed by atoms with Gasteiger partial charge in [-0.05, 0) is 37.8 Å². The lowest BCUT2D eigenvalue weighted by Gasteiger charge is -2.32. The van der Waals surface area contributed by atoms with E-state index in [2.05, 4.69) is 4.90 Å². The van der Waals surface area contributed by atoms with Crippen molar-refractivity contribution in [2.45, 2.75) is 32.2 Å². The number of halogens is 1. The Kier molecular flexibility index (Phi) is 5.56. The molecule has 1 aromatic carbocycles. The second kappa shape index (κ2) is 7.41. The summed E-state index contributed by atoms with van der Waals surface area (Å²) in [5.41, 5.74) is 0.844. The molecule has 0 amide bonds. The summed E-state index contributed by atoms with van der Waals surface area (Å²) in [7, 11) is 1.48. The van der Waals surface area contributed by atoms with E-state index < -0.39 is 5.97 Å². The third kappa shape index (κ3) is 4.43. The third-order valence-electron chi connectivity index (χ3n) is 4.02. The van der Waals surface area contributed by atoms with Gasteiger partial charge in [0.05, 0.1) is 7.11 Å². The summed E-state index contributed by atoms with van der Waals surface area (Å²) in [6, 6.07) is 4.97. The Morgan fingerprint density at radius 3 is 3.05 bits per heavy atom. The van der Waals surface area contributed by atoms with E-state index in [-0.39, 0.29) is 12.2 Å². The largest absolute Gasteiger partial charge is 0.493 e. The molecule has 1 fully saturated rings. The Bertz CT molecular complexity index is 492. The second-order valence-corrected chi connectivity index (χ2v) is 5.61. The van der Waals surface area contributed by atoms with Crippen LogP contribution in [0.5, 0.6) is 5.75 Å². The van der Waals surface area contributed by atoms with Gasteiger partial charge in [0.15, 0.2) is 11.6 Å². The number of benzene rings is 1. The minimum Gasteiger partial charge on any atom is -0.493 e. The van der Waals surface area contributed by atoms with E-state index in [4.69, 9.17) is 9.84 Å². The summed E-state index contributed by atoms with van der Waals surface area (Å²) in [5, 5.41) is 8.77. The number of nitrogens with zero attached hydrogens (tertiary/aromatic N) is 1. The van der Waals surface area contributed by atoms with E-state index in [1.54, 1.807) is 6.07 Å². The van der Waals surface area contributed by atoms with Crippen molar-refractivity contribution >= 4 is 5.97 Å². The number of hydrogen-bond donors (Lipinski definition) is 1. The molecular formula is C16H22FNO3. The van der Waals surface area contributed by atoms with Crippen molar-refractivity contribution in [2.24, 2.45) is 5.92 Å². The van der Waals surface area contributed by atoms with Gasteiger partial charge in [-0.1, -0.05) is 12.1 Å². The normalized spacial score (nSPS) is 19.4. The van der Waals surface area contributed by atoms with E-state index in [1.807, 2.05) is 6.07 Å². The number of hydrogen-bond acceptors (Lipinski definition) is 3. The van der Waals surface area contributed by atoms with Gasteiger partial charge < -0.3 is 9.84 Å². The van der Waals surface area contributed by atoms with Crippen molar-refractivity contribution in [1.29, 1.82) is 0 Å². The van der Waals surface area contributed by atoms with Gasteiger partial charge in [0.1, 0.15) is 0 Å². The van der Waals surface area contributed by atoms with Crippen LogP contribution in [-0.4, -0.2) is 36.2 Å². The molecule has 2 rings (SSSR count). The zero-order valence-corrected chi connectivity index (χ0v) is 12.3. The SMILES string of the molecule is COc1c(F)cccc1CN1CCCC(CCC(=O)O)C1. The van der Waals surface area contributed by atoms with Crippen LogP contribution in [0.15, 0.2) is 18.2 Å². The summed E-state index contributed by atoms with van der Waals surface area (Å²) in [5.74, 6) is -0.354. The summed E-state index contributed by atoms with van der Waals surface area (Å²) < 4.78 is 18.8. The molecule has 1 aliphatic heterocycles. The van der Waals surface area contributed by atoms with Crippen LogP contribution < -0.4 is 4.74 Å². The van der Waals surface area contributed by atoms with Crippen LogP contribution in [0.25, 0.3) is 0 Å². The van der Waals surface area contributed by atoms with Gasteiger partial charge in [-0.15, -0.1) is 0 Å².